The second-order valence-electron chi connectivity index (χ2n) is 9.34. The molecule has 0 radical (unpaired) electrons. The quantitative estimate of drug-likeness (QED) is 0.618. The Hall–Kier alpha value is -1.97. The minimum Gasteiger partial charge on any atom is -0.336 e. The van der Waals surface area contributed by atoms with E-state index >= 15 is 0 Å². The van der Waals surface area contributed by atoms with Gasteiger partial charge in [0, 0.05) is 50.9 Å². The van der Waals surface area contributed by atoms with Crippen LogP contribution in [0.1, 0.15) is 37.5 Å². The largest absolute Gasteiger partial charge is 0.336 e. The monoisotopic (exact) mass is 444 g/mol. The molecule has 1 saturated carbocycles. The number of aryl methyl sites for hydroxylation is 2. The van der Waals surface area contributed by atoms with Crippen molar-refractivity contribution >= 4 is 32.1 Å². The van der Waals surface area contributed by atoms with Gasteiger partial charge in [0.2, 0.25) is 10.0 Å². The van der Waals surface area contributed by atoms with Crippen LogP contribution in [0.3, 0.4) is 0 Å². The topological polar surface area (TPSA) is 76.3 Å². The third kappa shape index (κ3) is 3.76. The highest BCUT2D eigenvalue weighted by Gasteiger charge is 2.32. The van der Waals surface area contributed by atoms with Crippen LogP contribution in [-0.4, -0.2) is 75.7 Å². The van der Waals surface area contributed by atoms with Crippen LogP contribution in [0.25, 0.3) is 22.1 Å². The third-order valence-electron chi connectivity index (χ3n) is 7.20. The van der Waals surface area contributed by atoms with Crippen molar-refractivity contribution in [1.29, 1.82) is 0 Å². The fourth-order valence-corrected chi connectivity index (χ4v) is 7.26. The Kier molecular flexibility index (Phi) is 5.30. The molecular weight excluding hydrogens is 412 g/mol. The van der Waals surface area contributed by atoms with Crippen molar-refractivity contribution < 1.29 is 8.42 Å². The lowest BCUT2D eigenvalue weighted by molar-refractivity contribution is 0.220. The number of nitrogens with zero attached hydrogens (tertiary/aromatic N) is 6. The van der Waals surface area contributed by atoms with E-state index in [0.717, 1.165) is 66.7 Å². The number of fused-ring (bicyclic) bond motifs is 3. The average Bonchev–Trinajstić information content (AvgIpc) is 3.28. The van der Waals surface area contributed by atoms with Crippen LogP contribution in [0.4, 0.5) is 0 Å². The normalized spacial score (nSPS) is 24.4. The number of aromatic nitrogens is 4. The van der Waals surface area contributed by atoms with E-state index in [4.69, 9.17) is 4.98 Å². The van der Waals surface area contributed by atoms with E-state index < -0.39 is 10.0 Å². The van der Waals surface area contributed by atoms with Gasteiger partial charge in [0.05, 0.1) is 17.5 Å². The first kappa shape index (κ1) is 20.9. The molecule has 3 aromatic heterocycles. The Morgan fingerprint density at radius 3 is 2.48 bits per heavy atom. The minimum atomic E-state index is -3.17. The molecule has 4 heterocycles. The smallest absolute Gasteiger partial charge is 0.214 e. The molecule has 0 atom stereocenters. The molecule has 5 rings (SSSR count). The second-order valence-corrected chi connectivity index (χ2v) is 11.4. The number of imidazole rings is 1. The number of pyridine rings is 1. The molecule has 2 aliphatic rings. The van der Waals surface area contributed by atoms with E-state index in [1.807, 2.05) is 31.1 Å². The Labute approximate surface area is 183 Å². The van der Waals surface area contributed by atoms with E-state index in [1.54, 1.807) is 4.31 Å². The molecule has 0 N–H and O–H groups in total. The van der Waals surface area contributed by atoms with E-state index in [0.29, 0.717) is 24.9 Å². The van der Waals surface area contributed by atoms with E-state index in [2.05, 4.69) is 27.4 Å². The Morgan fingerprint density at radius 2 is 1.77 bits per heavy atom. The molecule has 0 aromatic carbocycles. The summed E-state index contributed by atoms with van der Waals surface area (Å²) >= 11 is 0. The summed E-state index contributed by atoms with van der Waals surface area (Å²) in [6.45, 7) is 4.95. The van der Waals surface area contributed by atoms with E-state index in [-0.39, 0.29) is 5.92 Å². The van der Waals surface area contributed by atoms with Crippen molar-refractivity contribution in [2.24, 2.45) is 13.0 Å². The molecule has 0 amide bonds. The highest BCUT2D eigenvalue weighted by atomic mass is 32.2. The lowest BCUT2D eigenvalue weighted by Gasteiger charge is -2.34. The summed E-state index contributed by atoms with van der Waals surface area (Å²) in [5, 5.41) is 1.14. The number of sulfonamides is 1. The van der Waals surface area contributed by atoms with Gasteiger partial charge >= 0.3 is 0 Å². The molecular formula is C22H32N6O2S. The fraction of sp³-hybridized carbons (Fsp3) is 0.636. The van der Waals surface area contributed by atoms with Gasteiger partial charge in [-0.2, -0.15) is 4.31 Å². The zero-order valence-corrected chi connectivity index (χ0v) is 19.5. The van der Waals surface area contributed by atoms with Crippen molar-refractivity contribution in [3.05, 3.63) is 24.3 Å². The molecule has 0 unspecified atom stereocenters. The number of hydrogen-bond donors (Lipinski definition) is 0. The Bertz CT molecular complexity index is 1200. The van der Waals surface area contributed by atoms with Gasteiger partial charge in [0.25, 0.3) is 0 Å². The summed E-state index contributed by atoms with van der Waals surface area (Å²) in [5.41, 5.74) is 3.08. The fourth-order valence-electron chi connectivity index (χ4n) is 5.40. The van der Waals surface area contributed by atoms with Crippen molar-refractivity contribution in [2.75, 3.05) is 39.0 Å². The van der Waals surface area contributed by atoms with Gasteiger partial charge in [-0.1, -0.05) is 0 Å². The molecule has 168 valence electrons. The SMILES string of the molecule is Cc1nc2cnc3c(ccn3C)c2n1C1CCC(CS(=O)(=O)N2CCN(C)CC2)CC1. The van der Waals surface area contributed by atoms with Crippen molar-refractivity contribution in [1.82, 2.24) is 28.3 Å². The first-order valence-corrected chi connectivity index (χ1v) is 12.9. The summed E-state index contributed by atoms with van der Waals surface area (Å²) in [6.07, 6.45) is 7.79. The number of piperazine rings is 1. The standard InChI is InChI=1S/C22H32N6O2S/c1-16-24-20-14-23-22-19(8-9-26(22)3)21(20)28(16)18-6-4-17(5-7-18)15-31(29,30)27-12-10-25(2)11-13-27/h8-9,14,17-18H,4-7,10-13,15H2,1-3H3. The zero-order valence-electron chi connectivity index (χ0n) is 18.7. The predicted molar refractivity (Wildman–Crippen MR) is 123 cm³/mol. The second kappa shape index (κ2) is 7.86. The maximum absolute atomic E-state index is 12.9. The van der Waals surface area contributed by atoms with Gasteiger partial charge in [0.1, 0.15) is 17.0 Å². The highest BCUT2D eigenvalue weighted by molar-refractivity contribution is 7.89. The van der Waals surface area contributed by atoms with Gasteiger partial charge in [-0.15, -0.1) is 0 Å². The van der Waals surface area contributed by atoms with E-state index in [9.17, 15) is 8.42 Å². The first-order chi connectivity index (χ1) is 14.8. The number of likely N-dealkylation sites (N-methyl/N-ethyl adjacent to an activating group) is 1. The molecule has 1 aliphatic heterocycles. The Morgan fingerprint density at radius 1 is 1.06 bits per heavy atom. The maximum Gasteiger partial charge on any atom is 0.214 e. The van der Waals surface area contributed by atoms with Crippen LogP contribution >= 0.6 is 0 Å². The van der Waals surface area contributed by atoms with Gasteiger partial charge in [-0.25, -0.2) is 18.4 Å². The molecule has 0 spiro atoms. The third-order valence-corrected chi connectivity index (χ3v) is 9.25. The summed E-state index contributed by atoms with van der Waals surface area (Å²) in [7, 11) is 0.892. The summed E-state index contributed by atoms with van der Waals surface area (Å²) in [5.74, 6) is 1.55. The number of hydrogen-bond acceptors (Lipinski definition) is 5. The first-order valence-electron chi connectivity index (χ1n) is 11.3. The van der Waals surface area contributed by atoms with Gasteiger partial charge in [0.15, 0.2) is 0 Å². The van der Waals surface area contributed by atoms with Crippen LogP contribution < -0.4 is 0 Å². The van der Waals surface area contributed by atoms with Gasteiger partial charge < -0.3 is 14.0 Å². The van der Waals surface area contributed by atoms with Gasteiger partial charge in [-0.3, -0.25) is 0 Å². The summed E-state index contributed by atoms with van der Waals surface area (Å²) in [6, 6.07) is 2.48. The van der Waals surface area contributed by atoms with Crippen LogP contribution in [-0.2, 0) is 17.1 Å². The summed E-state index contributed by atoms with van der Waals surface area (Å²) in [4.78, 5) is 11.5. The molecule has 2 fully saturated rings. The van der Waals surface area contributed by atoms with E-state index in [1.165, 1.54) is 0 Å². The molecule has 31 heavy (non-hydrogen) atoms. The van der Waals surface area contributed by atoms with Crippen molar-refractivity contribution in [3.63, 3.8) is 0 Å². The Balaban J connectivity index is 1.32. The van der Waals surface area contributed by atoms with Crippen molar-refractivity contribution in [2.45, 2.75) is 38.6 Å². The highest BCUT2D eigenvalue weighted by Crippen LogP contribution is 2.37. The maximum atomic E-state index is 12.9. The molecule has 0 bridgehead atoms. The zero-order chi connectivity index (χ0) is 21.8. The average molecular weight is 445 g/mol. The number of rotatable bonds is 4. The predicted octanol–water partition coefficient (Wildman–Crippen LogP) is 2.54. The lowest BCUT2D eigenvalue weighted by atomic mass is 9.87. The van der Waals surface area contributed by atoms with Crippen LogP contribution in [0.2, 0.25) is 0 Å². The molecule has 8 nitrogen and oxygen atoms in total. The molecule has 1 saturated heterocycles. The van der Waals surface area contributed by atoms with Crippen LogP contribution in [0.5, 0.6) is 0 Å². The van der Waals surface area contributed by atoms with Crippen molar-refractivity contribution in [3.8, 4) is 0 Å². The molecule has 3 aromatic rings. The van der Waals surface area contributed by atoms with Gasteiger partial charge in [-0.05, 0) is 51.6 Å². The molecule has 9 heteroatoms. The minimum absolute atomic E-state index is 0.245. The summed E-state index contributed by atoms with van der Waals surface area (Å²) < 4.78 is 32.0. The molecule has 1 aliphatic carbocycles. The lowest BCUT2D eigenvalue weighted by Crippen LogP contribution is -2.48. The van der Waals surface area contributed by atoms with Crippen LogP contribution in [0, 0.1) is 12.8 Å². The van der Waals surface area contributed by atoms with Crippen LogP contribution in [0.15, 0.2) is 18.5 Å².